The van der Waals surface area contributed by atoms with E-state index in [9.17, 15) is 24.6 Å². The molecule has 0 bridgehead atoms. The van der Waals surface area contributed by atoms with Gasteiger partial charge in [0.1, 0.15) is 0 Å². The van der Waals surface area contributed by atoms with Gasteiger partial charge >= 0.3 is 139 Å². The quantitative estimate of drug-likeness (QED) is 0.112. The van der Waals surface area contributed by atoms with E-state index in [0.29, 0.717) is 18.4 Å². The molecule has 0 aromatic rings. The number of carbonyl (C=O) groups excluding carboxylic acids is 2. The summed E-state index contributed by atoms with van der Waals surface area (Å²) in [6.45, 7) is -0.261. The van der Waals surface area contributed by atoms with Crippen LogP contribution in [0.4, 0.5) is 0 Å². The van der Waals surface area contributed by atoms with Crippen LogP contribution in [-0.4, -0.2) is 57.2 Å². The molecular formula is C16H21IN3O5-. The first kappa shape index (κ1) is 19.7. The number of alkyl halides is 1. The van der Waals surface area contributed by atoms with E-state index in [4.69, 9.17) is 0 Å². The number of carbonyl (C=O) groups is 3. The summed E-state index contributed by atoms with van der Waals surface area (Å²) in [6, 6.07) is -1.37. The van der Waals surface area contributed by atoms with Gasteiger partial charge in [0.05, 0.1) is 6.10 Å². The molecule has 0 spiro atoms. The molecule has 3 atom stereocenters. The molecule has 2 aliphatic rings. The molecule has 8 nitrogen and oxygen atoms in total. The monoisotopic (exact) mass is 462 g/mol. The molecule has 1 unspecified atom stereocenters. The van der Waals surface area contributed by atoms with Gasteiger partial charge in [0.2, 0.25) is 0 Å². The Kier molecular flexibility index (Phi) is 7.67. The number of hydrogen-bond donors (Lipinski definition) is 5. The molecule has 0 radical (unpaired) electrons. The number of aliphatic hydroxyl groups excluding tert-OH is 1. The van der Waals surface area contributed by atoms with E-state index in [1.807, 2.05) is 0 Å². The third kappa shape index (κ3) is 6.64. The zero-order valence-electron chi connectivity index (χ0n) is 13.5. The second-order valence-electron chi connectivity index (χ2n) is 5.78. The number of aliphatic hydroxyl groups is 1. The Bertz CT molecular complexity index is 619. The minimum absolute atomic E-state index is 0.0450. The van der Waals surface area contributed by atoms with Crippen molar-refractivity contribution in [3.8, 4) is 11.8 Å². The van der Waals surface area contributed by atoms with Gasteiger partial charge in [-0.15, -0.1) is 0 Å². The first-order chi connectivity index (χ1) is 12.0. The Morgan fingerprint density at radius 2 is 2.24 bits per heavy atom. The predicted octanol–water partition coefficient (Wildman–Crippen LogP) is -4.49. The van der Waals surface area contributed by atoms with Gasteiger partial charge in [-0.1, -0.05) is 0 Å². The van der Waals surface area contributed by atoms with Crippen LogP contribution >= 0.6 is 0 Å². The average molecular weight is 462 g/mol. The van der Waals surface area contributed by atoms with Crippen LogP contribution in [0.1, 0.15) is 25.7 Å². The molecule has 5 N–H and O–H groups in total. The van der Waals surface area contributed by atoms with E-state index in [1.165, 1.54) is 0 Å². The van der Waals surface area contributed by atoms with Crippen LogP contribution in [0.3, 0.4) is 0 Å². The van der Waals surface area contributed by atoms with Gasteiger partial charge in [0, 0.05) is 6.42 Å². The van der Waals surface area contributed by atoms with Crippen molar-refractivity contribution in [3.63, 3.8) is 0 Å². The molecule has 1 saturated heterocycles. The number of hydrogen-bond acceptors (Lipinski definition) is 5. The third-order valence-corrected chi connectivity index (χ3v) is 6.08. The van der Waals surface area contributed by atoms with E-state index in [2.05, 4.69) is 26.0 Å². The third-order valence-electron chi connectivity index (χ3n) is 3.72. The fourth-order valence-corrected chi connectivity index (χ4v) is 4.70. The van der Waals surface area contributed by atoms with Gasteiger partial charge in [-0.05, 0) is 0 Å². The zero-order valence-corrected chi connectivity index (χ0v) is 15.7. The van der Waals surface area contributed by atoms with Gasteiger partial charge in [-0.2, -0.15) is 0 Å². The first-order valence-electron chi connectivity index (χ1n) is 7.95. The molecule has 1 heterocycles. The topological polar surface area (TPSA) is 128 Å². The first-order valence-corrected chi connectivity index (χ1v) is 10.6. The molecule has 0 saturated carbocycles. The van der Waals surface area contributed by atoms with Crippen LogP contribution in [0.5, 0.6) is 0 Å². The Balaban J connectivity index is 1.83. The molecular weight excluding hydrogens is 441 g/mol. The van der Waals surface area contributed by atoms with Gasteiger partial charge in [-0.25, -0.2) is 0 Å². The van der Waals surface area contributed by atoms with Crippen molar-refractivity contribution in [2.75, 3.05) is 11.0 Å². The van der Waals surface area contributed by atoms with Crippen molar-refractivity contribution in [3.05, 3.63) is 11.6 Å². The zero-order chi connectivity index (χ0) is 18.2. The second-order valence-corrected chi connectivity index (χ2v) is 8.24. The number of aliphatic carboxylic acids is 1. The molecule has 1 aliphatic heterocycles. The molecule has 9 heteroatoms. The number of halogens is 1. The van der Waals surface area contributed by atoms with E-state index in [-0.39, 0.29) is 46.4 Å². The average Bonchev–Trinajstić information content (AvgIpc) is 3.03. The summed E-state index contributed by atoms with van der Waals surface area (Å²) in [7, 11) is 0. The van der Waals surface area contributed by atoms with Crippen molar-refractivity contribution in [1.82, 2.24) is 14.2 Å². The Morgan fingerprint density at radius 3 is 2.92 bits per heavy atom. The van der Waals surface area contributed by atoms with E-state index in [1.54, 1.807) is 6.08 Å². The maximum absolute atomic E-state index is 11.9. The molecule has 0 aromatic heterocycles. The second kappa shape index (κ2) is 9.74. The predicted molar refractivity (Wildman–Crippen MR) is 84.7 cm³/mol. The minimum atomic E-state index is -1.17. The molecule has 2 amide bonds. The van der Waals surface area contributed by atoms with E-state index >= 15 is 0 Å². The van der Waals surface area contributed by atoms with E-state index in [0.717, 1.165) is 10.8 Å². The van der Waals surface area contributed by atoms with Gasteiger partial charge in [-0.3, -0.25) is 0 Å². The van der Waals surface area contributed by atoms with Gasteiger partial charge in [0.15, 0.2) is 0 Å². The maximum atomic E-state index is 11.9. The standard InChI is InChI=1S/C16H21IN3O5/c21-11-3-1-2-10(4-5-11)8-13(16(24)25)19-14(22)9-18-15(23)12-6-7-17-20-12/h4,11-13,20-21H,3,5-9H2,(H,18,23)(H,19,22)(H,24,25)/q-1/t11?,12-,13-/m0/s1. The molecule has 25 heavy (non-hydrogen) atoms. The van der Waals surface area contributed by atoms with Crippen LogP contribution in [0, 0.1) is 11.8 Å². The fraction of sp³-hybridized carbons (Fsp3) is 0.562. The Hall–Kier alpha value is -1.64. The normalized spacial score (nSPS) is 23.8. The van der Waals surface area contributed by atoms with Crippen molar-refractivity contribution >= 4 is 17.8 Å². The molecule has 0 aromatic carbocycles. The molecule has 1 fully saturated rings. The van der Waals surface area contributed by atoms with Crippen LogP contribution in [0.25, 0.3) is 0 Å². The Morgan fingerprint density at radius 1 is 1.44 bits per heavy atom. The number of carboxylic acid groups (broad SMARTS) is 1. The summed E-state index contributed by atoms with van der Waals surface area (Å²) in [6.07, 6.45) is 2.70. The van der Waals surface area contributed by atoms with Gasteiger partial charge < -0.3 is 5.11 Å². The van der Waals surface area contributed by atoms with Crippen molar-refractivity contribution in [2.24, 2.45) is 0 Å². The number of nitrogens with one attached hydrogen (secondary N) is 3. The number of amides is 2. The summed E-state index contributed by atoms with van der Waals surface area (Å²) in [4.78, 5) is 35.2. The number of rotatable bonds is 7. The molecule has 138 valence electrons. The van der Waals surface area contributed by atoms with Crippen LogP contribution in [-0.2, 0) is 14.4 Å². The van der Waals surface area contributed by atoms with Crippen molar-refractivity contribution in [1.29, 1.82) is 0 Å². The Labute approximate surface area is 156 Å². The fourth-order valence-electron chi connectivity index (χ4n) is 2.33. The van der Waals surface area contributed by atoms with Crippen molar-refractivity contribution in [2.45, 2.75) is 43.9 Å². The van der Waals surface area contributed by atoms with Crippen LogP contribution in [0.15, 0.2) is 11.6 Å². The molecule has 1 aliphatic carbocycles. The summed E-state index contributed by atoms with van der Waals surface area (Å²) in [5, 5.41) is 23.8. The SMILES string of the molecule is O=C(CNC(=O)[C@@H]1CC[I-]N1)N[C@@H](CC1=CCC(O)CC#C1)C(=O)O. The summed E-state index contributed by atoms with van der Waals surface area (Å²) < 4.78 is 4.15. The van der Waals surface area contributed by atoms with Crippen LogP contribution in [0.2, 0.25) is 0 Å². The molecule has 2 rings (SSSR count). The summed E-state index contributed by atoms with van der Waals surface area (Å²) in [5.74, 6) is 3.64. The van der Waals surface area contributed by atoms with Crippen molar-refractivity contribution < 1.29 is 46.1 Å². The van der Waals surface area contributed by atoms with Crippen LogP contribution < -0.4 is 35.6 Å². The summed E-state index contributed by atoms with van der Waals surface area (Å²) >= 11 is -0.124. The van der Waals surface area contributed by atoms with E-state index < -0.39 is 24.0 Å². The summed E-state index contributed by atoms with van der Waals surface area (Å²) in [5.41, 5.74) is 0.576. The van der Waals surface area contributed by atoms with Gasteiger partial charge in [0.25, 0.3) is 0 Å². The number of carboxylic acids is 1.